The van der Waals surface area contributed by atoms with Gasteiger partial charge in [0.15, 0.2) is 5.78 Å². The number of Topliss-reactive ketones (excluding diaryl/α,β-unsaturated/α-hetero) is 1. The van der Waals surface area contributed by atoms with E-state index in [2.05, 4.69) is 18.3 Å². The fraction of sp³-hybridized carbons (Fsp3) is 0.690. The molecule has 1 spiro atoms. The zero-order valence-corrected chi connectivity index (χ0v) is 23.2. The van der Waals surface area contributed by atoms with Gasteiger partial charge >= 0.3 is 5.97 Å². The summed E-state index contributed by atoms with van der Waals surface area (Å²) in [5, 5.41) is 12.1. The van der Waals surface area contributed by atoms with Gasteiger partial charge in [0.2, 0.25) is 5.91 Å². The van der Waals surface area contributed by atoms with Crippen LogP contribution in [-0.2, 0) is 33.3 Å². The number of aliphatic hydroxyl groups excluding tert-OH is 1. The van der Waals surface area contributed by atoms with Crippen LogP contribution in [0, 0.1) is 5.92 Å². The van der Waals surface area contributed by atoms with Crippen LogP contribution in [0.25, 0.3) is 0 Å². The van der Waals surface area contributed by atoms with E-state index in [4.69, 9.17) is 24.1 Å². The number of rotatable bonds is 11. The van der Waals surface area contributed by atoms with Gasteiger partial charge < -0.3 is 29.4 Å². The van der Waals surface area contributed by atoms with E-state index < -0.39 is 12.7 Å². The van der Waals surface area contributed by atoms with Gasteiger partial charge in [-0.25, -0.2) is 0 Å². The van der Waals surface area contributed by atoms with Crippen LogP contribution < -0.4 is 5.32 Å². The summed E-state index contributed by atoms with van der Waals surface area (Å²) < 4.78 is 23.0. The molecule has 0 aromatic heterocycles. The Morgan fingerprint density at radius 2 is 1.89 bits per heavy atom. The maximum absolute atomic E-state index is 12.3. The smallest absolute Gasteiger partial charge is 0.303 e. The molecule has 3 aliphatic rings. The summed E-state index contributed by atoms with van der Waals surface area (Å²) in [5.74, 6) is -0.579. The molecule has 3 heterocycles. The van der Waals surface area contributed by atoms with Crippen LogP contribution in [0.3, 0.4) is 0 Å². The number of aliphatic hydroxyl groups is 1. The number of epoxide rings is 1. The Labute approximate surface area is 225 Å². The van der Waals surface area contributed by atoms with Crippen molar-refractivity contribution in [3.63, 3.8) is 0 Å². The summed E-state index contributed by atoms with van der Waals surface area (Å²) in [6.45, 7) is 9.41. The highest BCUT2D eigenvalue weighted by atomic mass is 16.6. The van der Waals surface area contributed by atoms with E-state index >= 15 is 0 Å². The molecule has 9 heteroatoms. The lowest BCUT2D eigenvalue weighted by Gasteiger charge is -2.39. The van der Waals surface area contributed by atoms with E-state index in [0.29, 0.717) is 13.0 Å². The van der Waals surface area contributed by atoms with Crippen molar-refractivity contribution in [2.45, 2.75) is 109 Å². The highest BCUT2D eigenvalue weighted by Crippen LogP contribution is 2.43. The normalized spacial score (nSPS) is 34.4. The molecule has 2 N–H and O–H groups in total. The van der Waals surface area contributed by atoms with Crippen molar-refractivity contribution in [3.8, 4) is 0 Å². The Morgan fingerprint density at radius 1 is 1.16 bits per heavy atom. The Bertz CT molecular complexity index is 937. The minimum atomic E-state index is -0.463. The van der Waals surface area contributed by atoms with E-state index in [1.807, 2.05) is 26.0 Å². The number of hydrogen-bond acceptors (Lipinski definition) is 8. The molecule has 3 rings (SSSR count). The molecular weight excluding hydrogens is 490 g/mol. The second kappa shape index (κ2) is 13.6. The summed E-state index contributed by atoms with van der Waals surface area (Å²) in [5.41, 5.74) is 0.911. The van der Waals surface area contributed by atoms with Gasteiger partial charge in [-0.2, -0.15) is 0 Å². The number of esters is 1. The molecule has 0 aromatic carbocycles. The molecule has 9 nitrogen and oxygen atoms in total. The number of hydrogen-bond donors (Lipinski definition) is 2. The van der Waals surface area contributed by atoms with Crippen LogP contribution >= 0.6 is 0 Å². The molecule has 3 aliphatic heterocycles. The summed E-state index contributed by atoms with van der Waals surface area (Å²) >= 11 is 0. The van der Waals surface area contributed by atoms with Gasteiger partial charge in [-0.3, -0.25) is 14.4 Å². The molecule has 0 radical (unpaired) electrons. The fourth-order valence-electron chi connectivity index (χ4n) is 5.20. The molecular formula is C29H43NO8. The first-order valence-corrected chi connectivity index (χ1v) is 13.6. The molecule has 0 aliphatic carbocycles. The monoisotopic (exact) mass is 533 g/mol. The number of ketones is 1. The Hall–Kier alpha value is -2.33. The lowest BCUT2D eigenvalue weighted by Crippen LogP contribution is -2.50. The molecule has 8 atom stereocenters. The number of carbonyl (C=O) groups excluding carboxylic acids is 3. The Kier molecular flexibility index (Phi) is 10.8. The molecule has 0 saturated carbocycles. The van der Waals surface area contributed by atoms with E-state index in [9.17, 15) is 14.4 Å². The minimum Gasteiger partial charge on any atom is -0.459 e. The van der Waals surface area contributed by atoms with E-state index in [-0.39, 0.29) is 66.1 Å². The van der Waals surface area contributed by atoms with Crippen molar-refractivity contribution in [3.05, 3.63) is 36.0 Å². The quantitative estimate of drug-likeness (QED) is 0.180. The van der Waals surface area contributed by atoms with Crippen molar-refractivity contribution in [1.29, 1.82) is 0 Å². The van der Waals surface area contributed by atoms with E-state index in [1.165, 1.54) is 13.0 Å². The van der Waals surface area contributed by atoms with Crippen LogP contribution in [-0.4, -0.2) is 78.1 Å². The van der Waals surface area contributed by atoms with Gasteiger partial charge in [-0.05, 0) is 45.6 Å². The topological polar surface area (TPSA) is 124 Å². The first kappa shape index (κ1) is 30.2. The summed E-state index contributed by atoms with van der Waals surface area (Å²) in [6, 6.07) is -0.0986. The third-order valence-corrected chi connectivity index (χ3v) is 7.38. The second-order valence-corrected chi connectivity index (χ2v) is 11.0. The van der Waals surface area contributed by atoms with Crippen molar-refractivity contribution in [2.75, 3.05) is 13.2 Å². The molecule has 0 bridgehead atoms. The molecule has 3 fully saturated rings. The van der Waals surface area contributed by atoms with Crippen LogP contribution in [0.2, 0.25) is 0 Å². The van der Waals surface area contributed by atoms with Crippen LogP contribution in [0.5, 0.6) is 0 Å². The maximum atomic E-state index is 12.3. The largest absolute Gasteiger partial charge is 0.459 e. The van der Waals surface area contributed by atoms with Crippen molar-refractivity contribution < 1.29 is 38.4 Å². The molecule has 1 amide bonds. The molecule has 3 saturated heterocycles. The van der Waals surface area contributed by atoms with Gasteiger partial charge in [0.1, 0.15) is 12.7 Å². The average molecular weight is 534 g/mol. The van der Waals surface area contributed by atoms with Gasteiger partial charge in [-0.15, -0.1) is 0 Å². The third-order valence-electron chi connectivity index (χ3n) is 7.38. The van der Waals surface area contributed by atoms with Crippen LogP contribution in [0.4, 0.5) is 0 Å². The predicted molar refractivity (Wildman–Crippen MR) is 141 cm³/mol. The third kappa shape index (κ3) is 9.45. The van der Waals surface area contributed by atoms with Crippen LogP contribution in [0.1, 0.15) is 66.7 Å². The molecule has 0 aromatic rings. The lowest BCUT2D eigenvalue weighted by atomic mass is 9.88. The van der Waals surface area contributed by atoms with E-state index in [1.54, 1.807) is 13.0 Å². The number of carbonyl (C=O) groups is 3. The number of amides is 1. The molecule has 212 valence electrons. The first-order chi connectivity index (χ1) is 18.0. The first-order valence-electron chi connectivity index (χ1n) is 13.6. The number of allylic oxidation sites excluding steroid dienone is 2. The molecule has 0 unspecified atom stereocenters. The fourth-order valence-corrected chi connectivity index (χ4v) is 5.20. The average Bonchev–Trinajstić information content (AvgIpc) is 3.59. The Balaban J connectivity index is 1.47. The zero-order valence-electron chi connectivity index (χ0n) is 23.2. The highest BCUT2D eigenvalue weighted by Gasteiger charge is 2.51. The zero-order chi connectivity index (χ0) is 27.9. The highest BCUT2D eigenvalue weighted by molar-refractivity contribution is 5.87. The number of nitrogens with one attached hydrogen (secondary N) is 1. The maximum Gasteiger partial charge on any atom is 0.303 e. The number of ether oxygens (including phenoxy) is 4. The van der Waals surface area contributed by atoms with Gasteiger partial charge in [0.05, 0.1) is 42.7 Å². The van der Waals surface area contributed by atoms with Crippen molar-refractivity contribution >= 4 is 17.7 Å². The Morgan fingerprint density at radius 3 is 2.55 bits per heavy atom. The minimum absolute atomic E-state index is 0.0453. The summed E-state index contributed by atoms with van der Waals surface area (Å²) in [4.78, 5) is 35.0. The predicted octanol–water partition coefficient (Wildman–Crippen LogP) is 2.95. The van der Waals surface area contributed by atoms with Crippen molar-refractivity contribution in [2.24, 2.45) is 5.92 Å². The lowest BCUT2D eigenvalue weighted by molar-refractivity contribution is -0.143. The van der Waals surface area contributed by atoms with Gasteiger partial charge in [-0.1, -0.05) is 30.7 Å². The standard InChI is InChI=1S/C29H43NO8/c1-18(6-9-24-14-29(17-35-29)15-25(38-24)13-23(33)16-31)7-10-27-19(2)12-26(21(4)37-27)30-28(34)11-8-20(3)36-22(5)32/h6-9,11,19-21,24-27,31H,10,12-17H2,1-5H3,(H,30,34)/b9-6+,11-8-,18-7+/t19-,20-,21+,24+,25+,26+,27-,29+/m0/s1. The second-order valence-electron chi connectivity index (χ2n) is 11.0. The van der Waals surface area contributed by atoms with Gasteiger partial charge in [0, 0.05) is 32.3 Å². The SMILES string of the molecule is CC(=O)O[C@@H](C)/C=C\C(=O)N[C@@H]1C[C@H](C)[C@H](C/C=C(C)/C=C/[C@@H]2C[C@]3(CO3)C[C@@H](CC(=O)CO)O2)O[C@@H]1C. The van der Waals surface area contributed by atoms with Crippen LogP contribution in [0.15, 0.2) is 36.0 Å². The summed E-state index contributed by atoms with van der Waals surface area (Å²) in [7, 11) is 0. The summed E-state index contributed by atoms with van der Waals surface area (Å²) in [6.07, 6.45) is 11.5. The molecule has 38 heavy (non-hydrogen) atoms. The van der Waals surface area contributed by atoms with Gasteiger partial charge in [0.25, 0.3) is 0 Å². The van der Waals surface area contributed by atoms with Crippen molar-refractivity contribution in [1.82, 2.24) is 5.32 Å². The van der Waals surface area contributed by atoms with E-state index in [0.717, 1.165) is 24.8 Å².